The average molecular weight is 408 g/mol. The summed E-state index contributed by atoms with van der Waals surface area (Å²) < 4.78 is 34.0. The summed E-state index contributed by atoms with van der Waals surface area (Å²) in [6.45, 7) is 0. The van der Waals surface area contributed by atoms with Crippen LogP contribution in [0.5, 0.6) is 23.0 Å². The monoisotopic (exact) mass is 408 g/mol. The van der Waals surface area contributed by atoms with E-state index in [0.717, 1.165) is 0 Å². The third-order valence-corrected chi connectivity index (χ3v) is 6.20. The number of hydrogen-bond acceptors (Lipinski definition) is 6. The molecule has 0 radical (unpaired) electrons. The van der Waals surface area contributed by atoms with E-state index in [0.29, 0.717) is 22.6 Å². The first-order valence-corrected chi connectivity index (χ1v) is 10.5. The third kappa shape index (κ3) is 6.44. The number of rotatable bonds is 8. The van der Waals surface area contributed by atoms with Gasteiger partial charge in [-0.2, -0.15) is 0 Å². The molecule has 0 bridgehead atoms. The lowest BCUT2D eigenvalue weighted by Crippen LogP contribution is -2.11. The van der Waals surface area contributed by atoms with Gasteiger partial charge in [0.2, 0.25) is 0 Å². The van der Waals surface area contributed by atoms with E-state index >= 15 is 0 Å². The van der Waals surface area contributed by atoms with Gasteiger partial charge in [-0.25, -0.2) is 0 Å². The second-order valence-corrected chi connectivity index (χ2v) is 8.36. The largest absolute Gasteiger partial charge is 0.608 e. The Hall–Kier alpha value is -2.26. The topological polar surface area (TPSA) is 105 Å². The maximum Gasteiger partial charge on any atom is 0.262 e. The third-order valence-electron chi connectivity index (χ3n) is 3.46. The number of hydrogen-bond donors (Lipinski definition) is 2. The smallest absolute Gasteiger partial charge is 0.262 e. The Balaban J connectivity index is 1.91. The van der Waals surface area contributed by atoms with E-state index in [-0.39, 0.29) is 16.6 Å². The molecule has 0 aromatic heterocycles. The molecular weight excluding hydrogens is 388 g/mol. The van der Waals surface area contributed by atoms with E-state index in [1.807, 2.05) is 0 Å². The van der Waals surface area contributed by atoms with Gasteiger partial charge in [0.05, 0.1) is 14.2 Å². The summed E-state index contributed by atoms with van der Waals surface area (Å²) in [6.07, 6.45) is 3.16. The summed E-state index contributed by atoms with van der Waals surface area (Å²) in [5.74, 6) is 0.674. The Morgan fingerprint density at radius 1 is 0.815 bits per heavy atom. The van der Waals surface area contributed by atoms with Crippen molar-refractivity contribution in [1.82, 2.24) is 0 Å². The highest BCUT2D eigenvalue weighted by Gasteiger charge is 2.12. The lowest BCUT2D eigenvalue weighted by molar-refractivity contribution is 0.373. The number of ether oxygens (including phenoxy) is 2. The molecule has 8 heteroatoms. The highest BCUT2D eigenvalue weighted by Crippen LogP contribution is 2.27. The molecule has 0 saturated heterocycles. The lowest BCUT2D eigenvalue weighted by atomic mass is 10.2. The van der Waals surface area contributed by atoms with Crippen LogP contribution in [0.3, 0.4) is 0 Å². The van der Waals surface area contributed by atoms with Crippen molar-refractivity contribution in [2.24, 2.45) is 0 Å². The summed E-state index contributed by atoms with van der Waals surface area (Å²) >= 11 is -2.89. The van der Waals surface area contributed by atoms with Crippen molar-refractivity contribution in [3.05, 3.63) is 58.3 Å². The van der Waals surface area contributed by atoms with Gasteiger partial charge in [0.1, 0.15) is 10.8 Å². The van der Waals surface area contributed by atoms with Gasteiger partial charge in [0.25, 0.3) is 5.08 Å². The standard InChI is InChI=1S/C19H20O6S2/c1-24-18-5-3-14(11-16(18)20)7-9-26(22)13-27(23)10-8-15-4-6-19(25-2)17(21)12-15/h3-12,20-21H,13H2,1-2H3/b9-7+,10-8?. The first-order valence-electron chi connectivity index (χ1n) is 7.77. The molecule has 0 aliphatic heterocycles. The Morgan fingerprint density at radius 2 is 1.22 bits per heavy atom. The number of phenols is 2. The molecule has 0 spiro atoms. The fraction of sp³-hybridized carbons (Fsp3) is 0.158. The summed E-state index contributed by atoms with van der Waals surface area (Å²) in [6, 6.07) is 9.59. The van der Waals surface area contributed by atoms with Crippen LogP contribution in [0.2, 0.25) is 0 Å². The molecular formula is C19H20O6S2. The van der Waals surface area contributed by atoms with Gasteiger partial charge in [-0.1, -0.05) is 12.1 Å². The molecule has 2 aromatic rings. The van der Waals surface area contributed by atoms with Crippen LogP contribution in [0.1, 0.15) is 11.1 Å². The van der Waals surface area contributed by atoms with Crippen molar-refractivity contribution in [3.63, 3.8) is 0 Å². The predicted octanol–water partition coefficient (Wildman–Crippen LogP) is 3.21. The van der Waals surface area contributed by atoms with Crippen LogP contribution in [-0.4, -0.2) is 38.6 Å². The SMILES string of the molecule is COc1ccc(C=C[S+]([O-])C[S+]([O-])/C=C/c2ccc(OC)c(O)c2)cc1O. The lowest BCUT2D eigenvalue weighted by Gasteiger charge is -2.08. The van der Waals surface area contributed by atoms with Crippen molar-refractivity contribution < 1.29 is 28.8 Å². The first-order chi connectivity index (χ1) is 12.9. The number of methoxy groups -OCH3 is 2. The van der Waals surface area contributed by atoms with Gasteiger partial charge in [0.15, 0.2) is 23.0 Å². The summed E-state index contributed by atoms with van der Waals surface area (Å²) in [7, 11) is 2.91. The van der Waals surface area contributed by atoms with Crippen molar-refractivity contribution in [3.8, 4) is 23.0 Å². The van der Waals surface area contributed by atoms with Crippen LogP contribution >= 0.6 is 0 Å². The van der Waals surface area contributed by atoms with Crippen LogP contribution in [0.4, 0.5) is 0 Å². The molecule has 27 heavy (non-hydrogen) atoms. The number of benzene rings is 2. The normalized spacial score (nSPS) is 13.8. The van der Waals surface area contributed by atoms with E-state index < -0.39 is 22.4 Å². The first kappa shape index (κ1) is 21.0. The van der Waals surface area contributed by atoms with E-state index in [4.69, 9.17) is 9.47 Å². The van der Waals surface area contributed by atoms with E-state index in [9.17, 15) is 19.3 Å². The van der Waals surface area contributed by atoms with Gasteiger partial charge in [-0.15, -0.1) is 0 Å². The maximum atomic E-state index is 12.0. The minimum absolute atomic E-state index is 0.0142. The molecule has 0 aliphatic rings. The molecule has 0 fully saturated rings. The van der Waals surface area contributed by atoms with Crippen LogP contribution < -0.4 is 9.47 Å². The zero-order valence-electron chi connectivity index (χ0n) is 14.8. The van der Waals surface area contributed by atoms with E-state index in [1.54, 1.807) is 36.4 Å². The zero-order chi connectivity index (χ0) is 19.8. The van der Waals surface area contributed by atoms with Gasteiger partial charge >= 0.3 is 0 Å². The molecule has 0 heterocycles. The summed E-state index contributed by atoms with van der Waals surface area (Å²) in [5, 5.41) is 22.2. The molecule has 2 unspecified atom stereocenters. The quantitative estimate of drug-likeness (QED) is 0.650. The summed E-state index contributed by atoms with van der Waals surface area (Å²) in [5.41, 5.74) is 1.30. The van der Waals surface area contributed by atoms with Crippen LogP contribution in [-0.2, 0) is 22.4 Å². The van der Waals surface area contributed by atoms with Gasteiger partial charge in [-0.3, -0.25) is 0 Å². The van der Waals surface area contributed by atoms with Crippen molar-refractivity contribution in [1.29, 1.82) is 0 Å². The molecule has 0 aliphatic carbocycles. The average Bonchev–Trinajstić information content (AvgIpc) is 2.65. The molecule has 2 N–H and O–H groups in total. The molecule has 2 atom stereocenters. The van der Waals surface area contributed by atoms with Gasteiger partial charge < -0.3 is 28.8 Å². The van der Waals surface area contributed by atoms with Crippen molar-refractivity contribution in [2.75, 3.05) is 19.3 Å². The highest BCUT2D eigenvalue weighted by atomic mass is 32.3. The minimum atomic E-state index is -1.45. The fourth-order valence-electron chi connectivity index (χ4n) is 2.12. The molecule has 0 amide bonds. The Kier molecular flexibility index (Phi) is 7.93. The fourth-order valence-corrected chi connectivity index (χ4v) is 4.29. The van der Waals surface area contributed by atoms with Crippen molar-refractivity contribution in [2.45, 2.75) is 0 Å². The molecule has 2 aromatic carbocycles. The highest BCUT2D eigenvalue weighted by molar-refractivity contribution is 8.10. The van der Waals surface area contributed by atoms with Crippen molar-refractivity contribution >= 4 is 34.5 Å². The van der Waals surface area contributed by atoms with Gasteiger partial charge in [0, 0.05) is 22.4 Å². The van der Waals surface area contributed by atoms with E-state index in [1.165, 1.54) is 37.2 Å². The minimum Gasteiger partial charge on any atom is -0.608 e. The van der Waals surface area contributed by atoms with Gasteiger partial charge in [-0.05, 0) is 47.5 Å². The second-order valence-electron chi connectivity index (χ2n) is 5.35. The second kappa shape index (κ2) is 10.2. The Bertz CT molecular complexity index is 754. The molecule has 144 valence electrons. The molecule has 6 nitrogen and oxygen atoms in total. The Morgan fingerprint density at radius 3 is 1.56 bits per heavy atom. The number of phenolic OH excluding ortho intramolecular Hbond substituents is 2. The maximum absolute atomic E-state index is 12.0. The Labute approximate surface area is 164 Å². The number of aromatic hydroxyl groups is 2. The molecule has 2 rings (SSSR count). The van der Waals surface area contributed by atoms with Crippen LogP contribution in [0.25, 0.3) is 12.2 Å². The summed E-state index contributed by atoms with van der Waals surface area (Å²) in [4.78, 5) is 0. The van der Waals surface area contributed by atoms with Crippen LogP contribution in [0, 0.1) is 0 Å². The molecule has 0 saturated carbocycles. The van der Waals surface area contributed by atoms with E-state index in [2.05, 4.69) is 0 Å². The predicted molar refractivity (Wildman–Crippen MR) is 109 cm³/mol. The van der Waals surface area contributed by atoms with Crippen LogP contribution in [0.15, 0.2) is 47.2 Å². The zero-order valence-corrected chi connectivity index (χ0v) is 16.5.